The molecule has 2 aromatic rings. The molecule has 2 atom stereocenters. The van der Waals surface area contributed by atoms with Gasteiger partial charge in [-0.25, -0.2) is 0 Å². The number of para-hydroxylation sites is 1. The Labute approximate surface area is 131 Å². The summed E-state index contributed by atoms with van der Waals surface area (Å²) in [6.07, 6.45) is 4.33. The molecular weight excluding hydrogens is 276 g/mol. The van der Waals surface area contributed by atoms with Gasteiger partial charge in [0.15, 0.2) is 0 Å². The van der Waals surface area contributed by atoms with Crippen LogP contribution in [0.15, 0.2) is 24.3 Å². The normalized spacial score (nSPS) is 17.0. The van der Waals surface area contributed by atoms with E-state index in [-0.39, 0.29) is 12.1 Å². The van der Waals surface area contributed by atoms with Crippen LogP contribution in [0.25, 0.3) is 0 Å². The number of nitrogens with zero attached hydrogens (tertiary/aromatic N) is 3. The Morgan fingerprint density at radius 1 is 1.27 bits per heavy atom. The minimum Gasteiger partial charge on any atom is -0.508 e. The highest BCUT2D eigenvalue weighted by Gasteiger charge is 2.23. The van der Waals surface area contributed by atoms with Crippen molar-refractivity contribution in [3.8, 4) is 5.75 Å². The molecular formula is C17H24N4O. The summed E-state index contributed by atoms with van der Waals surface area (Å²) < 4.78 is 2.25. The fourth-order valence-corrected chi connectivity index (χ4v) is 3.24. The molecule has 22 heavy (non-hydrogen) atoms. The van der Waals surface area contributed by atoms with Gasteiger partial charge in [0.05, 0.1) is 6.04 Å². The quantitative estimate of drug-likeness (QED) is 0.890. The fourth-order valence-electron chi connectivity index (χ4n) is 3.24. The van der Waals surface area contributed by atoms with E-state index in [0.717, 1.165) is 36.6 Å². The number of fused-ring (bicyclic) bond motifs is 1. The molecule has 0 radical (unpaired) electrons. The number of aromatic hydroxyl groups is 1. The molecule has 0 saturated heterocycles. The van der Waals surface area contributed by atoms with Crippen LogP contribution in [0.5, 0.6) is 5.75 Å². The molecule has 5 heteroatoms. The summed E-state index contributed by atoms with van der Waals surface area (Å²) in [5.74, 6) is 2.45. The zero-order valence-electron chi connectivity index (χ0n) is 13.3. The second-order valence-electron chi connectivity index (χ2n) is 5.99. The summed E-state index contributed by atoms with van der Waals surface area (Å²) in [4.78, 5) is 0. The second-order valence-corrected chi connectivity index (χ2v) is 5.99. The van der Waals surface area contributed by atoms with Crippen molar-refractivity contribution in [2.45, 2.75) is 58.2 Å². The van der Waals surface area contributed by atoms with Crippen molar-refractivity contribution in [1.82, 2.24) is 20.1 Å². The first-order chi connectivity index (χ1) is 10.7. The molecule has 5 nitrogen and oxygen atoms in total. The van der Waals surface area contributed by atoms with Gasteiger partial charge in [0.25, 0.3) is 0 Å². The van der Waals surface area contributed by atoms with Crippen molar-refractivity contribution in [3.63, 3.8) is 0 Å². The molecule has 2 heterocycles. The molecule has 1 aromatic heterocycles. The van der Waals surface area contributed by atoms with E-state index in [1.165, 1.54) is 12.8 Å². The van der Waals surface area contributed by atoms with Gasteiger partial charge in [-0.2, -0.15) is 0 Å². The summed E-state index contributed by atoms with van der Waals surface area (Å²) in [5, 5.41) is 22.4. The highest BCUT2D eigenvalue weighted by Crippen LogP contribution is 2.28. The van der Waals surface area contributed by atoms with Crippen molar-refractivity contribution < 1.29 is 5.11 Å². The van der Waals surface area contributed by atoms with E-state index in [0.29, 0.717) is 5.75 Å². The van der Waals surface area contributed by atoms with E-state index in [1.807, 2.05) is 18.2 Å². The molecule has 118 valence electrons. The minimum absolute atomic E-state index is 0.101. The molecule has 2 N–H and O–H groups in total. The molecule has 0 saturated carbocycles. The maximum Gasteiger partial charge on any atom is 0.149 e. The third-order valence-electron chi connectivity index (χ3n) is 4.45. The van der Waals surface area contributed by atoms with Gasteiger partial charge in [-0.05, 0) is 32.3 Å². The van der Waals surface area contributed by atoms with Gasteiger partial charge in [0.2, 0.25) is 0 Å². The number of rotatable bonds is 5. The number of hydrogen-bond donors (Lipinski definition) is 2. The number of benzene rings is 1. The predicted molar refractivity (Wildman–Crippen MR) is 85.6 cm³/mol. The molecule has 3 rings (SSSR count). The Morgan fingerprint density at radius 3 is 2.86 bits per heavy atom. The molecule has 0 bridgehead atoms. The van der Waals surface area contributed by atoms with Gasteiger partial charge in [0, 0.05) is 24.6 Å². The maximum atomic E-state index is 10.1. The highest BCUT2D eigenvalue weighted by atomic mass is 16.3. The van der Waals surface area contributed by atoms with Gasteiger partial charge >= 0.3 is 0 Å². The molecule has 0 amide bonds. The minimum atomic E-state index is 0.101. The summed E-state index contributed by atoms with van der Waals surface area (Å²) in [7, 11) is 0. The molecule has 1 aliphatic heterocycles. The smallest absolute Gasteiger partial charge is 0.149 e. The Kier molecular flexibility index (Phi) is 4.43. The first-order valence-electron chi connectivity index (χ1n) is 8.16. The van der Waals surface area contributed by atoms with E-state index in [4.69, 9.17) is 0 Å². The average Bonchev–Trinajstić information content (AvgIpc) is 2.97. The summed E-state index contributed by atoms with van der Waals surface area (Å²) >= 11 is 0. The van der Waals surface area contributed by atoms with E-state index in [2.05, 4.69) is 33.9 Å². The van der Waals surface area contributed by atoms with Crippen molar-refractivity contribution in [1.29, 1.82) is 0 Å². The van der Waals surface area contributed by atoms with Crippen LogP contribution in [-0.4, -0.2) is 19.9 Å². The first kappa shape index (κ1) is 15.0. The summed E-state index contributed by atoms with van der Waals surface area (Å²) in [6.45, 7) is 5.25. The third kappa shape index (κ3) is 2.86. The largest absolute Gasteiger partial charge is 0.508 e. The van der Waals surface area contributed by atoms with Crippen LogP contribution in [0.3, 0.4) is 0 Å². The van der Waals surface area contributed by atoms with E-state index in [9.17, 15) is 5.11 Å². The first-order valence-corrected chi connectivity index (χ1v) is 8.16. The SMILES string of the molecule is CCC(NC(C)c1nnc2n1CCCC2)c1ccccc1O. The average molecular weight is 300 g/mol. The Balaban J connectivity index is 1.79. The van der Waals surface area contributed by atoms with Gasteiger partial charge < -0.3 is 15.0 Å². The summed E-state index contributed by atoms with van der Waals surface area (Å²) in [5.41, 5.74) is 0.940. The van der Waals surface area contributed by atoms with Crippen LogP contribution in [0, 0.1) is 0 Å². The third-order valence-corrected chi connectivity index (χ3v) is 4.45. The lowest BCUT2D eigenvalue weighted by atomic mass is 10.0. The molecule has 0 fully saturated rings. The Morgan fingerprint density at radius 2 is 2.09 bits per heavy atom. The standard InChI is InChI=1S/C17H24N4O/c1-3-14(13-8-4-5-9-15(13)22)18-12(2)17-20-19-16-10-6-7-11-21(16)17/h4-5,8-9,12,14,18,22H,3,6-7,10-11H2,1-2H3. The topological polar surface area (TPSA) is 63.0 Å². The number of phenolic OH excluding ortho intramolecular Hbond substituents is 1. The lowest BCUT2D eigenvalue weighted by Gasteiger charge is -2.24. The maximum absolute atomic E-state index is 10.1. The zero-order chi connectivity index (χ0) is 15.5. The van der Waals surface area contributed by atoms with Crippen LogP contribution < -0.4 is 5.32 Å². The van der Waals surface area contributed by atoms with Crippen LogP contribution in [-0.2, 0) is 13.0 Å². The number of hydrogen-bond acceptors (Lipinski definition) is 4. The highest BCUT2D eigenvalue weighted by molar-refractivity contribution is 5.34. The summed E-state index contributed by atoms with van der Waals surface area (Å²) in [6, 6.07) is 7.73. The van der Waals surface area contributed by atoms with E-state index >= 15 is 0 Å². The van der Waals surface area contributed by atoms with E-state index < -0.39 is 0 Å². The zero-order valence-corrected chi connectivity index (χ0v) is 13.3. The number of nitrogens with one attached hydrogen (secondary N) is 1. The number of aromatic nitrogens is 3. The van der Waals surface area contributed by atoms with Crippen LogP contribution in [0.2, 0.25) is 0 Å². The molecule has 2 unspecified atom stereocenters. The van der Waals surface area contributed by atoms with Crippen molar-refractivity contribution in [2.24, 2.45) is 0 Å². The van der Waals surface area contributed by atoms with Crippen molar-refractivity contribution in [2.75, 3.05) is 0 Å². The lowest BCUT2D eigenvalue weighted by Crippen LogP contribution is -2.27. The van der Waals surface area contributed by atoms with Crippen molar-refractivity contribution >= 4 is 0 Å². The van der Waals surface area contributed by atoms with Crippen LogP contribution >= 0.6 is 0 Å². The molecule has 1 aliphatic rings. The van der Waals surface area contributed by atoms with E-state index in [1.54, 1.807) is 6.07 Å². The lowest BCUT2D eigenvalue weighted by molar-refractivity contribution is 0.398. The Bertz CT molecular complexity index is 637. The number of aryl methyl sites for hydroxylation is 1. The van der Waals surface area contributed by atoms with Crippen LogP contribution in [0.1, 0.15) is 62.4 Å². The van der Waals surface area contributed by atoms with Gasteiger partial charge in [-0.15, -0.1) is 10.2 Å². The van der Waals surface area contributed by atoms with Crippen LogP contribution in [0.4, 0.5) is 0 Å². The van der Waals surface area contributed by atoms with Gasteiger partial charge in [-0.3, -0.25) is 0 Å². The molecule has 0 aliphatic carbocycles. The predicted octanol–water partition coefficient (Wildman–Crippen LogP) is 3.12. The van der Waals surface area contributed by atoms with Crippen molar-refractivity contribution in [3.05, 3.63) is 41.5 Å². The number of phenols is 1. The Hall–Kier alpha value is -1.88. The van der Waals surface area contributed by atoms with Gasteiger partial charge in [-0.1, -0.05) is 25.1 Å². The van der Waals surface area contributed by atoms with Gasteiger partial charge in [0.1, 0.15) is 17.4 Å². The molecule has 0 spiro atoms. The fraction of sp³-hybridized carbons (Fsp3) is 0.529. The second kappa shape index (κ2) is 6.48. The monoisotopic (exact) mass is 300 g/mol. The molecule has 1 aromatic carbocycles.